The first-order valence-electron chi connectivity index (χ1n) is 7.28. The van der Waals surface area contributed by atoms with Gasteiger partial charge in [0.2, 0.25) is 5.91 Å². The quantitative estimate of drug-likeness (QED) is 0.874. The highest BCUT2D eigenvalue weighted by Gasteiger charge is 2.36. The van der Waals surface area contributed by atoms with Gasteiger partial charge in [0.1, 0.15) is 0 Å². The van der Waals surface area contributed by atoms with E-state index in [9.17, 15) is 18.0 Å². The number of hydrogen-bond donors (Lipinski definition) is 2. The average Bonchev–Trinajstić information content (AvgIpc) is 2.83. The predicted octanol–water partition coefficient (Wildman–Crippen LogP) is 3.87. The van der Waals surface area contributed by atoms with E-state index in [4.69, 9.17) is 17.3 Å². The molecule has 0 aliphatic heterocycles. The Morgan fingerprint density at radius 3 is 2.58 bits per heavy atom. The third-order valence-corrected chi connectivity index (χ3v) is 4.37. The largest absolute Gasteiger partial charge is 0.418 e. The molecule has 1 aromatic heterocycles. The van der Waals surface area contributed by atoms with Crippen LogP contribution in [0.5, 0.6) is 0 Å². The molecule has 9 heteroatoms. The van der Waals surface area contributed by atoms with Crippen LogP contribution in [0.3, 0.4) is 0 Å². The van der Waals surface area contributed by atoms with Crippen molar-refractivity contribution in [3.05, 3.63) is 35.1 Å². The molecule has 0 atom stereocenters. The van der Waals surface area contributed by atoms with Gasteiger partial charge in [-0.1, -0.05) is 18.0 Å². The van der Waals surface area contributed by atoms with Gasteiger partial charge in [0, 0.05) is 5.92 Å². The van der Waals surface area contributed by atoms with E-state index in [1.165, 1.54) is 12.4 Å². The van der Waals surface area contributed by atoms with Gasteiger partial charge >= 0.3 is 6.18 Å². The maximum atomic E-state index is 13.3. The lowest BCUT2D eigenvalue weighted by atomic mass is 9.85. The first-order chi connectivity index (χ1) is 11.3. The minimum absolute atomic E-state index is 0.116. The van der Waals surface area contributed by atoms with Gasteiger partial charge in [-0.25, -0.2) is 4.68 Å². The molecule has 1 aromatic carbocycles. The lowest BCUT2D eigenvalue weighted by Crippen LogP contribution is -2.28. The van der Waals surface area contributed by atoms with Crippen molar-refractivity contribution in [1.82, 2.24) is 9.78 Å². The van der Waals surface area contributed by atoms with Gasteiger partial charge in [0.05, 0.1) is 40.0 Å². The summed E-state index contributed by atoms with van der Waals surface area (Å²) in [6.07, 6.45) is 0.330. The summed E-state index contributed by atoms with van der Waals surface area (Å²) >= 11 is 6.16. The zero-order chi connectivity index (χ0) is 17.5. The van der Waals surface area contributed by atoms with Crippen LogP contribution < -0.4 is 11.1 Å². The van der Waals surface area contributed by atoms with Gasteiger partial charge in [0.25, 0.3) is 0 Å². The highest BCUT2D eigenvalue weighted by atomic mass is 35.5. The van der Waals surface area contributed by atoms with Crippen LogP contribution in [-0.4, -0.2) is 15.7 Å². The number of anilines is 2. The Kier molecular flexibility index (Phi) is 4.16. The summed E-state index contributed by atoms with van der Waals surface area (Å²) in [6.45, 7) is 0. The second-order valence-electron chi connectivity index (χ2n) is 5.66. The van der Waals surface area contributed by atoms with E-state index in [1.807, 2.05) is 0 Å². The van der Waals surface area contributed by atoms with E-state index < -0.39 is 11.7 Å². The molecular weight excluding hydrogens is 345 g/mol. The molecule has 0 unspecified atom stereocenters. The highest BCUT2D eigenvalue weighted by molar-refractivity contribution is 6.35. The van der Waals surface area contributed by atoms with Crippen LogP contribution in [0, 0.1) is 5.92 Å². The molecule has 5 nitrogen and oxygen atoms in total. The maximum absolute atomic E-state index is 13.3. The molecule has 0 bridgehead atoms. The molecule has 2 aromatic rings. The SMILES string of the molecule is Nc1cnn(-c2c(C(F)(F)F)ccc(NC(=O)C3CCC3)c2Cl)c1. The van der Waals surface area contributed by atoms with Crippen molar-refractivity contribution >= 4 is 28.9 Å². The molecule has 0 radical (unpaired) electrons. The molecule has 1 aliphatic carbocycles. The number of nitrogens with zero attached hydrogens (tertiary/aromatic N) is 2. The minimum atomic E-state index is -4.63. The number of rotatable bonds is 3. The van der Waals surface area contributed by atoms with Crippen molar-refractivity contribution in [3.8, 4) is 5.69 Å². The van der Waals surface area contributed by atoms with E-state index in [-0.39, 0.29) is 33.9 Å². The molecule has 0 saturated heterocycles. The van der Waals surface area contributed by atoms with Crippen LogP contribution in [-0.2, 0) is 11.0 Å². The molecule has 3 N–H and O–H groups in total. The van der Waals surface area contributed by atoms with E-state index >= 15 is 0 Å². The predicted molar refractivity (Wildman–Crippen MR) is 84.0 cm³/mol. The second kappa shape index (κ2) is 6.01. The third kappa shape index (κ3) is 3.06. The Morgan fingerprint density at radius 1 is 1.38 bits per heavy atom. The molecular formula is C15H14ClF3N4O. The molecule has 1 aliphatic rings. The molecule has 0 spiro atoms. The van der Waals surface area contributed by atoms with Crippen LogP contribution in [0.15, 0.2) is 24.5 Å². The second-order valence-corrected chi connectivity index (χ2v) is 6.03. The number of amides is 1. The Morgan fingerprint density at radius 2 is 2.08 bits per heavy atom. The van der Waals surface area contributed by atoms with Gasteiger partial charge in [-0.2, -0.15) is 18.3 Å². The molecule has 1 amide bonds. The summed E-state index contributed by atoms with van der Waals surface area (Å²) in [7, 11) is 0. The first-order valence-corrected chi connectivity index (χ1v) is 7.66. The Hall–Kier alpha value is -2.22. The van der Waals surface area contributed by atoms with Gasteiger partial charge in [-0.3, -0.25) is 4.79 Å². The van der Waals surface area contributed by atoms with Gasteiger partial charge < -0.3 is 11.1 Å². The van der Waals surface area contributed by atoms with Crippen LogP contribution in [0.1, 0.15) is 24.8 Å². The first kappa shape index (κ1) is 16.6. The summed E-state index contributed by atoms with van der Waals surface area (Å²) in [5, 5.41) is 6.16. The van der Waals surface area contributed by atoms with Gasteiger partial charge in [0.15, 0.2) is 0 Å². The molecule has 24 heavy (non-hydrogen) atoms. The summed E-state index contributed by atoms with van der Waals surface area (Å²) in [4.78, 5) is 12.0. The number of hydrogen-bond acceptors (Lipinski definition) is 3. The van der Waals surface area contributed by atoms with E-state index in [0.29, 0.717) is 0 Å². The van der Waals surface area contributed by atoms with Crippen LogP contribution in [0.25, 0.3) is 5.69 Å². The van der Waals surface area contributed by atoms with Crippen molar-refractivity contribution in [3.63, 3.8) is 0 Å². The number of alkyl halides is 3. The standard InChI is InChI=1S/C15H14ClF3N4O/c16-12-11(22-14(24)8-2-1-3-8)5-4-10(15(17,18)19)13(12)23-7-9(20)6-21-23/h4-8H,1-3,20H2,(H,22,24). The molecule has 128 valence electrons. The third-order valence-electron chi connectivity index (χ3n) is 3.99. The number of nitrogen functional groups attached to an aromatic ring is 1. The number of benzene rings is 1. The van der Waals surface area contributed by atoms with Crippen molar-refractivity contribution in [2.45, 2.75) is 25.4 Å². The highest BCUT2D eigenvalue weighted by Crippen LogP contribution is 2.41. The summed E-state index contributed by atoms with van der Waals surface area (Å²) in [5.41, 5.74) is 4.52. The smallest absolute Gasteiger partial charge is 0.396 e. The Bertz CT molecular complexity index is 784. The monoisotopic (exact) mass is 358 g/mol. The minimum Gasteiger partial charge on any atom is -0.396 e. The van der Waals surface area contributed by atoms with E-state index in [0.717, 1.165) is 36.1 Å². The zero-order valence-electron chi connectivity index (χ0n) is 12.4. The number of carbonyl (C=O) groups excluding carboxylic acids is 1. The number of aromatic nitrogens is 2. The van der Waals surface area contributed by atoms with E-state index in [1.54, 1.807) is 0 Å². The lowest BCUT2D eigenvalue weighted by Gasteiger charge is -2.25. The normalized spacial score (nSPS) is 15.2. The fourth-order valence-electron chi connectivity index (χ4n) is 2.48. The molecule has 1 fully saturated rings. The number of halogens is 4. The molecule has 1 saturated carbocycles. The maximum Gasteiger partial charge on any atom is 0.418 e. The molecule has 1 heterocycles. The van der Waals surface area contributed by atoms with Gasteiger partial charge in [-0.05, 0) is 25.0 Å². The average molecular weight is 359 g/mol. The number of nitrogens with one attached hydrogen (secondary N) is 1. The van der Waals surface area contributed by atoms with E-state index in [2.05, 4.69) is 10.4 Å². The van der Waals surface area contributed by atoms with Crippen LogP contribution in [0.2, 0.25) is 5.02 Å². The van der Waals surface area contributed by atoms with Crippen LogP contribution >= 0.6 is 11.6 Å². The number of carbonyl (C=O) groups is 1. The lowest BCUT2D eigenvalue weighted by molar-refractivity contribution is -0.137. The zero-order valence-corrected chi connectivity index (χ0v) is 13.2. The summed E-state index contributed by atoms with van der Waals surface area (Å²) in [6, 6.07) is 2.02. The fourth-order valence-corrected chi connectivity index (χ4v) is 2.78. The Labute approximate surface area is 140 Å². The van der Waals surface area contributed by atoms with Crippen molar-refractivity contribution in [2.75, 3.05) is 11.1 Å². The molecule has 3 rings (SSSR count). The van der Waals surface area contributed by atoms with Crippen molar-refractivity contribution in [1.29, 1.82) is 0 Å². The Balaban J connectivity index is 2.05. The topological polar surface area (TPSA) is 72.9 Å². The summed E-state index contributed by atoms with van der Waals surface area (Å²) in [5.74, 6) is -0.360. The van der Waals surface area contributed by atoms with Crippen molar-refractivity contribution in [2.24, 2.45) is 5.92 Å². The van der Waals surface area contributed by atoms with Crippen LogP contribution in [0.4, 0.5) is 24.5 Å². The fraction of sp³-hybridized carbons (Fsp3) is 0.333. The van der Waals surface area contributed by atoms with Crippen molar-refractivity contribution < 1.29 is 18.0 Å². The summed E-state index contributed by atoms with van der Waals surface area (Å²) < 4.78 is 40.8. The number of nitrogens with two attached hydrogens (primary N) is 1. The van der Waals surface area contributed by atoms with Gasteiger partial charge in [-0.15, -0.1) is 0 Å².